The summed E-state index contributed by atoms with van der Waals surface area (Å²) < 4.78 is 7.34. The first-order valence-electron chi connectivity index (χ1n) is 7.72. The topological polar surface area (TPSA) is 43.6 Å². The summed E-state index contributed by atoms with van der Waals surface area (Å²) in [4.78, 5) is 16.2. The number of hydrogen-bond donors (Lipinski definition) is 0. The van der Waals surface area contributed by atoms with E-state index in [2.05, 4.69) is 22.4 Å². The fourth-order valence-electron chi connectivity index (χ4n) is 2.51. The SMILES string of the molecule is O=c1c(N=C=S)cc(C2CC2)cn1CCOCc1ccccc1. The Kier molecular flexibility index (Phi) is 5.13. The Morgan fingerprint density at radius 2 is 2.09 bits per heavy atom. The number of rotatable bonds is 7. The maximum atomic E-state index is 12.3. The first-order valence-corrected chi connectivity index (χ1v) is 8.12. The number of aromatic nitrogens is 1. The molecule has 0 spiro atoms. The van der Waals surface area contributed by atoms with Crippen molar-refractivity contribution in [3.05, 3.63) is 64.1 Å². The zero-order valence-electron chi connectivity index (χ0n) is 12.8. The van der Waals surface area contributed by atoms with Gasteiger partial charge in [-0.3, -0.25) is 4.79 Å². The maximum absolute atomic E-state index is 12.3. The van der Waals surface area contributed by atoms with Crippen LogP contribution in [0.1, 0.15) is 29.9 Å². The molecule has 0 aliphatic heterocycles. The normalized spacial score (nSPS) is 13.6. The van der Waals surface area contributed by atoms with Gasteiger partial charge in [0.1, 0.15) is 5.69 Å². The molecule has 23 heavy (non-hydrogen) atoms. The van der Waals surface area contributed by atoms with Crippen LogP contribution in [-0.2, 0) is 17.9 Å². The second-order valence-corrected chi connectivity index (χ2v) is 5.86. The minimum atomic E-state index is -0.143. The fraction of sp³-hybridized carbons (Fsp3) is 0.333. The second kappa shape index (κ2) is 7.47. The van der Waals surface area contributed by atoms with E-state index < -0.39 is 0 Å². The number of benzene rings is 1. The first kappa shape index (κ1) is 15.8. The van der Waals surface area contributed by atoms with E-state index in [0.29, 0.717) is 31.4 Å². The lowest BCUT2D eigenvalue weighted by atomic mass is 10.2. The van der Waals surface area contributed by atoms with Crippen LogP contribution in [0.2, 0.25) is 0 Å². The largest absolute Gasteiger partial charge is 0.375 e. The third kappa shape index (κ3) is 4.23. The summed E-state index contributed by atoms with van der Waals surface area (Å²) in [6, 6.07) is 11.8. The van der Waals surface area contributed by atoms with Gasteiger partial charge >= 0.3 is 0 Å². The standard InChI is InChI=1S/C18H18N2O2S/c21-18-17(19-13-23)10-16(15-6-7-15)11-20(18)8-9-22-12-14-4-2-1-3-5-14/h1-5,10-11,15H,6-9,12H2. The molecule has 1 aliphatic rings. The van der Waals surface area contributed by atoms with E-state index in [4.69, 9.17) is 4.74 Å². The monoisotopic (exact) mass is 326 g/mol. The van der Waals surface area contributed by atoms with Crippen LogP contribution in [0.15, 0.2) is 52.4 Å². The molecular weight excluding hydrogens is 308 g/mol. The Bertz CT molecular complexity index is 775. The Morgan fingerprint density at radius 1 is 1.30 bits per heavy atom. The number of hydrogen-bond acceptors (Lipinski definition) is 4. The van der Waals surface area contributed by atoms with E-state index >= 15 is 0 Å². The van der Waals surface area contributed by atoms with Gasteiger partial charge in [-0.05, 0) is 48.2 Å². The lowest BCUT2D eigenvalue weighted by molar-refractivity contribution is 0.112. The molecule has 4 nitrogen and oxygen atoms in total. The molecule has 5 heteroatoms. The fourth-order valence-corrected chi connectivity index (χ4v) is 2.60. The highest BCUT2D eigenvalue weighted by atomic mass is 32.1. The highest BCUT2D eigenvalue weighted by Crippen LogP contribution is 2.40. The van der Waals surface area contributed by atoms with E-state index in [1.54, 1.807) is 4.57 Å². The average molecular weight is 326 g/mol. The summed E-state index contributed by atoms with van der Waals surface area (Å²) >= 11 is 4.63. The molecule has 1 aliphatic carbocycles. The van der Waals surface area contributed by atoms with Gasteiger partial charge in [0.25, 0.3) is 5.56 Å². The number of ether oxygens (including phenoxy) is 1. The Hall–Kier alpha value is -2.07. The van der Waals surface area contributed by atoms with Crippen LogP contribution >= 0.6 is 12.2 Å². The van der Waals surface area contributed by atoms with Crippen LogP contribution in [0, 0.1) is 0 Å². The van der Waals surface area contributed by atoms with Crippen molar-refractivity contribution in [1.29, 1.82) is 0 Å². The molecule has 0 atom stereocenters. The number of nitrogens with zero attached hydrogens (tertiary/aromatic N) is 2. The zero-order chi connectivity index (χ0) is 16.1. The van der Waals surface area contributed by atoms with Gasteiger partial charge in [-0.2, -0.15) is 4.99 Å². The number of aliphatic imine (C=N–C) groups is 1. The predicted octanol–water partition coefficient (Wildman–Crippen LogP) is 3.68. The second-order valence-electron chi connectivity index (χ2n) is 5.67. The summed E-state index contributed by atoms with van der Waals surface area (Å²) in [6.45, 7) is 1.53. The summed E-state index contributed by atoms with van der Waals surface area (Å²) in [7, 11) is 0. The van der Waals surface area contributed by atoms with Crippen molar-refractivity contribution in [2.45, 2.75) is 31.9 Å². The molecule has 0 bridgehead atoms. The summed E-state index contributed by atoms with van der Waals surface area (Å²) in [6.07, 6.45) is 4.27. The van der Waals surface area contributed by atoms with Crippen molar-refractivity contribution < 1.29 is 4.74 Å². The van der Waals surface area contributed by atoms with Crippen molar-refractivity contribution >= 4 is 23.1 Å². The quantitative estimate of drug-likeness (QED) is 0.443. The molecule has 1 heterocycles. The van der Waals surface area contributed by atoms with Crippen LogP contribution in [-0.4, -0.2) is 16.3 Å². The smallest absolute Gasteiger partial charge is 0.277 e. The molecule has 0 saturated heterocycles. The summed E-state index contributed by atoms with van der Waals surface area (Å²) in [5.41, 5.74) is 2.50. The number of pyridine rings is 1. The van der Waals surface area contributed by atoms with Gasteiger partial charge in [-0.1, -0.05) is 30.3 Å². The first-order chi connectivity index (χ1) is 11.3. The van der Waals surface area contributed by atoms with Gasteiger partial charge < -0.3 is 9.30 Å². The molecule has 1 fully saturated rings. The van der Waals surface area contributed by atoms with Crippen LogP contribution in [0.4, 0.5) is 5.69 Å². The lowest BCUT2D eigenvalue weighted by Crippen LogP contribution is -2.22. The van der Waals surface area contributed by atoms with Crippen LogP contribution in [0.25, 0.3) is 0 Å². The lowest BCUT2D eigenvalue weighted by Gasteiger charge is -2.10. The van der Waals surface area contributed by atoms with Gasteiger partial charge in [-0.25, -0.2) is 0 Å². The summed E-state index contributed by atoms with van der Waals surface area (Å²) in [5.74, 6) is 0.547. The highest BCUT2D eigenvalue weighted by molar-refractivity contribution is 7.78. The molecule has 0 unspecified atom stereocenters. The van der Waals surface area contributed by atoms with E-state index in [9.17, 15) is 4.79 Å². The van der Waals surface area contributed by atoms with Gasteiger partial charge in [0, 0.05) is 12.7 Å². The predicted molar refractivity (Wildman–Crippen MR) is 93.5 cm³/mol. The molecule has 1 aromatic carbocycles. The molecule has 1 saturated carbocycles. The van der Waals surface area contributed by atoms with Gasteiger partial charge in [0.2, 0.25) is 0 Å². The van der Waals surface area contributed by atoms with Crippen LogP contribution in [0.5, 0.6) is 0 Å². The third-order valence-electron chi connectivity index (χ3n) is 3.89. The van der Waals surface area contributed by atoms with Crippen LogP contribution < -0.4 is 5.56 Å². The molecule has 0 radical (unpaired) electrons. The zero-order valence-corrected chi connectivity index (χ0v) is 13.6. The number of isothiocyanates is 1. The Labute approximate surface area is 140 Å². The van der Waals surface area contributed by atoms with Gasteiger partial charge in [0.05, 0.1) is 18.4 Å². The van der Waals surface area contributed by atoms with Gasteiger partial charge in [-0.15, -0.1) is 0 Å². The average Bonchev–Trinajstić information content (AvgIpc) is 3.41. The Morgan fingerprint density at radius 3 is 2.78 bits per heavy atom. The van der Waals surface area contributed by atoms with Gasteiger partial charge in [0.15, 0.2) is 0 Å². The molecule has 1 aromatic heterocycles. The van der Waals surface area contributed by atoms with E-state index in [-0.39, 0.29) is 5.56 Å². The highest BCUT2D eigenvalue weighted by Gasteiger charge is 2.25. The maximum Gasteiger partial charge on any atom is 0.277 e. The van der Waals surface area contributed by atoms with E-state index in [1.807, 2.05) is 42.6 Å². The molecular formula is C18H18N2O2S. The Balaban J connectivity index is 1.66. The third-order valence-corrected chi connectivity index (χ3v) is 3.98. The van der Waals surface area contributed by atoms with E-state index in [0.717, 1.165) is 11.1 Å². The minimum Gasteiger partial charge on any atom is -0.375 e. The van der Waals surface area contributed by atoms with Crippen molar-refractivity contribution in [3.8, 4) is 0 Å². The molecule has 0 amide bonds. The molecule has 3 rings (SSSR count). The molecule has 2 aromatic rings. The van der Waals surface area contributed by atoms with Crippen molar-refractivity contribution in [1.82, 2.24) is 4.57 Å². The van der Waals surface area contributed by atoms with Crippen molar-refractivity contribution in [2.75, 3.05) is 6.61 Å². The number of thiocarbonyl (C=S) groups is 1. The molecule has 118 valence electrons. The van der Waals surface area contributed by atoms with Crippen molar-refractivity contribution in [2.24, 2.45) is 4.99 Å². The van der Waals surface area contributed by atoms with E-state index in [1.165, 1.54) is 12.8 Å². The van der Waals surface area contributed by atoms with Crippen LogP contribution in [0.3, 0.4) is 0 Å². The minimum absolute atomic E-state index is 0.143. The molecule has 0 N–H and O–H groups in total. The summed E-state index contributed by atoms with van der Waals surface area (Å²) in [5, 5.41) is 2.29. The van der Waals surface area contributed by atoms with Crippen molar-refractivity contribution in [3.63, 3.8) is 0 Å².